The second-order valence-electron chi connectivity index (χ2n) is 1.92. The topological polar surface area (TPSA) is 54.9 Å². The summed E-state index contributed by atoms with van der Waals surface area (Å²) in [7, 11) is 0. The van der Waals surface area contributed by atoms with Gasteiger partial charge in [0, 0.05) is 0 Å². The van der Waals surface area contributed by atoms with E-state index in [-0.39, 0.29) is 5.69 Å². The van der Waals surface area contributed by atoms with E-state index >= 15 is 0 Å². The Morgan fingerprint density at radius 1 is 1.42 bits per heavy atom. The number of amides is 1. The predicted molar refractivity (Wildman–Crippen MR) is 36.7 cm³/mol. The number of nitrogens with zero attached hydrogens (tertiary/aromatic N) is 2. The van der Waals surface area contributed by atoms with Crippen LogP contribution in [0.2, 0.25) is 0 Å². The number of rotatable bonds is 2. The summed E-state index contributed by atoms with van der Waals surface area (Å²) in [6.07, 6.45) is 0.670. The molecule has 64 valence electrons. The van der Waals surface area contributed by atoms with Gasteiger partial charge >= 0.3 is 6.43 Å². The standard InChI is InChI=1S/C6H5F2N3O/c7-5(8)6(12)11-4-1-9-3-10-2-4/h1-3,5H,(H,11,12). The summed E-state index contributed by atoms with van der Waals surface area (Å²) in [6, 6.07) is 0. The van der Waals surface area contributed by atoms with Gasteiger partial charge in [-0.2, -0.15) is 8.78 Å². The third kappa shape index (κ3) is 2.22. The van der Waals surface area contributed by atoms with Crippen molar-refractivity contribution in [1.82, 2.24) is 9.97 Å². The highest BCUT2D eigenvalue weighted by Crippen LogP contribution is 2.02. The maximum atomic E-state index is 11.7. The highest BCUT2D eigenvalue weighted by Gasteiger charge is 2.14. The van der Waals surface area contributed by atoms with Crippen LogP contribution in [0, 0.1) is 0 Å². The lowest BCUT2D eigenvalue weighted by Gasteiger charge is -2.01. The first-order chi connectivity index (χ1) is 5.70. The van der Waals surface area contributed by atoms with Gasteiger partial charge in [0.1, 0.15) is 6.33 Å². The number of alkyl halides is 2. The van der Waals surface area contributed by atoms with Crippen molar-refractivity contribution in [3.8, 4) is 0 Å². The minimum absolute atomic E-state index is 0.155. The Morgan fingerprint density at radius 3 is 2.50 bits per heavy atom. The molecule has 1 heterocycles. The van der Waals surface area contributed by atoms with Gasteiger partial charge in [0.2, 0.25) is 0 Å². The Bertz CT molecular complexity index is 265. The predicted octanol–water partition coefficient (Wildman–Crippen LogP) is 0.680. The van der Waals surface area contributed by atoms with Gasteiger partial charge in [-0.25, -0.2) is 9.97 Å². The van der Waals surface area contributed by atoms with Crippen LogP contribution in [-0.2, 0) is 4.79 Å². The number of aromatic nitrogens is 2. The van der Waals surface area contributed by atoms with E-state index in [1.165, 1.54) is 18.7 Å². The molecule has 0 saturated carbocycles. The number of nitrogens with one attached hydrogen (secondary N) is 1. The molecule has 0 aliphatic carbocycles. The fourth-order valence-corrected chi connectivity index (χ4v) is 0.560. The summed E-state index contributed by atoms with van der Waals surface area (Å²) < 4.78 is 23.3. The van der Waals surface area contributed by atoms with Crippen molar-refractivity contribution in [2.75, 3.05) is 5.32 Å². The van der Waals surface area contributed by atoms with Crippen LogP contribution in [0.25, 0.3) is 0 Å². The number of hydrogen-bond acceptors (Lipinski definition) is 3. The van der Waals surface area contributed by atoms with E-state index in [2.05, 4.69) is 9.97 Å². The average molecular weight is 173 g/mol. The summed E-state index contributed by atoms with van der Waals surface area (Å²) in [4.78, 5) is 17.4. The van der Waals surface area contributed by atoms with E-state index < -0.39 is 12.3 Å². The van der Waals surface area contributed by atoms with Crippen LogP contribution in [0.4, 0.5) is 14.5 Å². The average Bonchev–Trinajstić information content (AvgIpc) is 2.06. The number of carbonyl (C=O) groups excluding carboxylic acids is 1. The molecule has 1 N–H and O–H groups in total. The first kappa shape index (κ1) is 8.51. The quantitative estimate of drug-likeness (QED) is 0.715. The summed E-state index contributed by atoms with van der Waals surface area (Å²) in [5.74, 6) is -1.36. The molecule has 0 saturated heterocycles. The van der Waals surface area contributed by atoms with E-state index in [4.69, 9.17) is 0 Å². The summed E-state index contributed by atoms with van der Waals surface area (Å²) in [5, 5.41) is 1.93. The second-order valence-corrected chi connectivity index (χ2v) is 1.92. The fraction of sp³-hybridized carbons (Fsp3) is 0.167. The van der Waals surface area contributed by atoms with Crippen LogP contribution >= 0.6 is 0 Å². The Balaban J connectivity index is 2.59. The Labute approximate surface area is 66.6 Å². The van der Waals surface area contributed by atoms with Crippen LogP contribution in [0.15, 0.2) is 18.7 Å². The van der Waals surface area contributed by atoms with Gasteiger partial charge in [0.05, 0.1) is 18.1 Å². The fourth-order valence-electron chi connectivity index (χ4n) is 0.560. The van der Waals surface area contributed by atoms with Gasteiger partial charge < -0.3 is 5.32 Å². The molecule has 1 amide bonds. The minimum Gasteiger partial charge on any atom is -0.318 e. The van der Waals surface area contributed by atoms with E-state index in [1.54, 1.807) is 0 Å². The van der Waals surface area contributed by atoms with Gasteiger partial charge in [-0.15, -0.1) is 0 Å². The van der Waals surface area contributed by atoms with Crippen molar-refractivity contribution in [1.29, 1.82) is 0 Å². The number of halogens is 2. The largest absolute Gasteiger partial charge is 0.318 e. The van der Waals surface area contributed by atoms with Gasteiger partial charge in [-0.1, -0.05) is 0 Å². The van der Waals surface area contributed by atoms with Crippen molar-refractivity contribution < 1.29 is 13.6 Å². The van der Waals surface area contributed by atoms with Crippen molar-refractivity contribution in [2.45, 2.75) is 6.43 Å². The molecule has 0 aromatic carbocycles. The third-order valence-corrected chi connectivity index (χ3v) is 1.03. The van der Waals surface area contributed by atoms with Crippen molar-refractivity contribution in [3.63, 3.8) is 0 Å². The first-order valence-corrected chi connectivity index (χ1v) is 3.04. The molecule has 0 radical (unpaired) electrons. The summed E-state index contributed by atoms with van der Waals surface area (Å²) in [5.41, 5.74) is 0.155. The number of hydrogen-bond donors (Lipinski definition) is 1. The molecule has 4 nitrogen and oxygen atoms in total. The highest BCUT2D eigenvalue weighted by molar-refractivity contribution is 5.92. The van der Waals surface area contributed by atoms with Crippen LogP contribution in [-0.4, -0.2) is 22.3 Å². The summed E-state index contributed by atoms with van der Waals surface area (Å²) in [6.45, 7) is 0. The molecule has 0 atom stereocenters. The Morgan fingerprint density at radius 2 is 2.00 bits per heavy atom. The Kier molecular flexibility index (Phi) is 2.62. The molecule has 1 rings (SSSR count). The zero-order chi connectivity index (χ0) is 8.97. The second kappa shape index (κ2) is 3.70. The molecule has 0 aliphatic heterocycles. The highest BCUT2D eigenvalue weighted by atomic mass is 19.3. The molecule has 0 fully saturated rings. The molecular weight excluding hydrogens is 168 g/mol. The molecule has 12 heavy (non-hydrogen) atoms. The van der Waals surface area contributed by atoms with E-state index in [0.29, 0.717) is 0 Å². The van der Waals surface area contributed by atoms with Gasteiger partial charge in [0.25, 0.3) is 5.91 Å². The molecule has 0 spiro atoms. The SMILES string of the molecule is O=C(Nc1cncnc1)C(F)F. The van der Waals surface area contributed by atoms with Crippen molar-refractivity contribution in [2.24, 2.45) is 0 Å². The number of anilines is 1. The maximum absolute atomic E-state index is 11.7. The molecule has 6 heteroatoms. The maximum Gasteiger partial charge on any atom is 0.315 e. The third-order valence-electron chi connectivity index (χ3n) is 1.03. The monoisotopic (exact) mass is 173 g/mol. The van der Waals surface area contributed by atoms with Crippen molar-refractivity contribution in [3.05, 3.63) is 18.7 Å². The zero-order valence-corrected chi connectivity index (χ0v) is 5.87. The lowest BCUT2D eigenvalue weighted by molar-refractivity contribution is -0.126. The molecule has 0 unspecified atom stereocenters. The van der Waals surface area contributed by atoms with E-state index in [0.717, 1.165) is 0 Å². The lowest BCUT2D eigenvalue weighted by Crippen LogP contribution is -2.20. The summed E-state index contributed by atoms with van der Waals surface area (Å²) >= 11 is 0. The van der Waals surface area contributed by atoms with E-state index in [1.807, 2.05) is 5.32 Å². The molecule has 0 bridgehead atoms. The van der Waals surface area contributed by atoms with E-state index in [9.17, 15) is 13.6 Å². The van der Waals surface area contributed by atoms with Gasteiger partial charge in [-0.05, 0) is 0 Å². The molecular formula is C6H5F2N3O. The van der Waals surface area contributed by atoms with Crippen molar-refractivity contribution >= 4 is 11.6 Å². The lowest BCUT2D eigenvalue weighted by atomic mass is 10.5. The molecule has 1 aromatic rings. The zero-order valence-electron chi connectivity index (χ0n) is 5.87. The first-order valence-electron chi connectivity index (χ1n) is 3.04. The van der Waals surface area contributed by atoms with Gasteiger partial charge in [0.15, 0.2) is 0 Å². The van der Waals surface area contributed by atoms with Crippen LogP contribution in [0.1, 0.15) is 0 Å². The smallest absolute Gasteiger partial charge is 0.315 e. The molecule has 0 aliphatic rings. The molecule has 1 aromatic heterocycles. The Hall–Kier alpha value is -1.59. The van der Waals surface area contributed by atoms with Gasteiger partial charge in [-0.3, -0.25) is 4.79 Å². The normalized spacial score (nSPS) is 9.92. The van der Waals surface area contributed by atoms with Crippen LogP contribution in [0.3, 0.4) is 0 Å². The minimum atomic E-state index is -3.02. The number of carbonyl (C=O) groups is 1. The van der Waals surface area contributed by atoms with Crippen LogP contribution < -0.4 is 5.32 Å². The van der Waals surface area contributed by atoms with Crippen LogP contribution in [0.5, 0.6) is 0 Å².